The molecule has 4 aromatic rings. The summed E-state index contributed by atoms with van der Waals surface area (Å²) >= 11 is 0. The number of aliphatic hydroxyl groups excluding tert-OH is 1. The van der Waals surface area contributed by atoms with E-state index < -0.39 is 0 Å². The highest BCUT2D eigenvalue weighted by Gasteiger charge is 2.17. The SMILES string of the molecule is O=C(Nc1ccc(CCO)cc1)c1ccc(O)c2[nH]c(-c3ccccc3)nc12. The quantitative estimate of drug-likeness (QED) is 0.428. The Morgan fingerprint density at radius 2 is 1.75 bits per heavy atom. The molecule has 0 radical (unpaired) electrons. The van der Waals surface area contributed by atoms with Gasteiger partial charge in [0.05, 0.1) is 5.56 Å². The number of hydrogen-bond acceptors (Lipinski definition) is 4. The van der Waals surface area contributed by atoms with Crippen LogP contribution in [0.25, 0.3) is 22.4 Å². The zero-order chi connectivity index (χ0) is 19.5. The van der Waals surface area contributed by atoms with Gasteiger partial charge in [-0.15, -0.1) is 0 Å². The lowest BCUT2D eigenvalue weighted by Crippen LogP contribution is -2.12. The molecule has 140 valence electrons. The number of amides is 1. The van der Waals surface area contributed by atoms with Crippen molar-refractivity contribution in [3.63, 3.8) is 0 Å². The predicted molar refractivity (Wildman–Crippen MR) is 108 cm³/mol. The van der Waals surface area contributed by atoms with Gasteiger partial charge in [0, 0.05) is 17.9 Å². The van der Waals surface area contributed by atoms with Crippen molar-refractivity contribution in [2.45, 2.75) is 6.42 Å². The van der Waals surface area contributed by atoms with Gasteiger partial charge in [0.15, 0.2) is 0 Å². The molecule has 0 saturated heterocycles. The van der Waals surface area contributed by atoms with Crippen molar-refractivity contribution >= 4 is 22.6 Å². The molecular formula is C22H19N3O3. The number of phenols is 1. The van der Waals surface area contributed by atoms with Crippen molar-refractivity contribution in [2.24, 2.45) is 0 Å². The number of aromatic hydroxyl groups is 1. The van der Waals surface area contributed by atoms with Crippen LogP contribution in [0.5, 0.6) is 5.75 Å². The second-order valence-corrected chi connectivity index (χ2v) is 6.43. The number of rotatable bonds is 5. The van der Waals surface area contributed by atoms with Crippen molar-refractivity contribution in [1.29, 1.82) is 0 Å². The number of imidazole rings is 1. The number of nitrogens with one attached hydrogen (secondary N) is 2. The van der Waals surface area contributed by atoms with Crippen LogP contribution in [0.1, 0.15) is 15.9 Å². The summed E-state index contributed by atoms with van der Waals surface area (Å²) in [7, 11) is 0. The van der Waals surface area contributed by atoms with Crippen molar-refractivity contribution in [1.82, 2.24) is 9.97 Å². The number of benzene rings is 3. The molecular weight excluding hydrogens is 354 g/mol. The highest BCUT2D eigenvalue weighted by atomic mass is 16.3. The third-order valence-corrected chi connectivity index (χ3v) is 4.53. The summed E-state index contributed by atoms with van der Waals surface area (Å²) in [6.07, 6.45) is 0.572. The zero-order valence-corrected chi connectivity index (χ0v) is 15.0. The van der Waals surface area contributed by atoms with E-state index in [0.29, 0.717) is 34.5 Å². The van der Waals surface area contributed by atoms with Crippen LogP contribution >= 0.6 is 0 Å². The molecule has 0 aliphatic carbocycles. The fraction of sp³-hybridized carbons (Fsp3) is 0.0909. The van der Waals surface area contributed by atoms with Crippen LogP contribution in [-0.4, -0.2) is 32.7 Å². The summed E-state index contributed by atoms with van der Waals surface area (Å²) < 4.78 is 0. The number of nitrogens with zero attached hydrogens (tertiary/aromatic N) is 1. The molecule has 0 fully saturated rings. The molecule has 4 rings (SSSR count). The first-order chi connectivity index (χ1) is 13.7. The van der Waals surface area contributed by atoms with Crippen molar-refractivity contribution in [3.8, 4) is 17.1 Å². The minimum atomic E-state index is -0.314. The van der Waals surface area contributed by atoms with Crippen LogP contribution in [0, 0.1) is 0 Å². The van der Waals surface area contributed by atoms with E-state index in [0.717, 1.165) is 11.1 Å². The normalized spacial score (nSPS) is 10.9. The summed E-state index contributed by atoms with van der Waals surface area (Å²) in [5.74, 6) is 0.306. The molecule has 4 N–H and O–H groups in total. The lowest BCUT2D eigenvalue weighted by Gasteiger charge is -2.07. The summed E-state index contributed by atoms with van der Waals surface area (Å²) in [6, 6.07) is 19.9. The number of phenolic OH excluding ortho intramolecular Hbond substituents is 1. The second-order valence-electron chi connectivity index (χ2n) is 6.43. The summed E-state index contributed by atoms with van der Waals surface area (Å²) in [6.45, 7) is 0.0834. The van der Waals surface area contributed by atoms with Crippen LogP contribution in [-0.2, 0) is 6.42 Å². The lowest BCUT2D eigenvalue weighted by atomic mass is 10.1. The Morgan fingerprint density at radius 3 is 2.46 bits per heavy atom. The summed E-state index contributed by atoms with van der Waals surface area (Å²) in [5, 5.41) is 22.0. The lowest BCUT2D eigenvalue weighted by molar-refractivity contribution is 0.102. The average Bonchev–Trinajstić information content (AvgIpc) is 3.17. The molecule has 3 aromatic carbocycles. The Morgan fingerprint density at radius 1 is 1.00 bits per heavy atom. The monoisotopic (exact) mass is 373 g/mol. The van der Waals surface area contributed by atoms with E-state index in [2.05, 4.69) is 15.3 Å². The molecule has 1 amide bonds. The Bertz CT molecular complexity index is 1120. The second kappa shape index (κ2) is 7.54. The van der Waals surface area contributed by atoms with Crippen LogP contribution in [0.15, 0.2) is 66.7 Å². The summed E-state index contributed by atoms with van der Waals surface area (Å²) in [4.78, 5) is 20.4. The number of anilines is 1. The number of carbonyl (C=O) groups is 1. The molecule has 6 heteroatoms. The average molecular weight is 373 g/mol. The predicted octanol–water partition coefficient (Wildman–Crippen LogP) is 3.72. The van der Waals surface area contributed by atoms with Crippen LogP contribution in [0.3, 0.4) is 0 Å². The molecule has 0 unspecified atom stereocenters. The van der Waals surface area contributed by atoms with Crippen molar-refractivity contribution in [3.05, 3.63) is 77.9 Å². The third-order valence-electron chi connectivity index (χ3n) is 4.53. The fourth-order valence-corrected chi connectivity index (χ4v) is 3.08. The van der Waals surface area contributed by atoms with E-state index in [4.69, 9.17) is 5.11 Å². The highest BCUT2D eigenvalue weighted by Crippen LogP contribution is 2.29. The van der Waals surface area contributed by atoms with Gasteiger partial charge in [-0.1, -0.05) is 42.5 Å². The van der Waals surface area contributed by atoms with E-state index >= 15 is 0 Å². The Kier molecular flexibility index (Phi) is 4.78. The van der Waals surface area contributed by atoms with Crippen molar-refractivity contribution < 1.29 is 15.0 Å². The molecule has 0 atom stereocenters. The molecule has 0 aliphatic heterocycles. The highest BCUT2D eigenvalue weighted by molar-refractivity contribution is 6.12. The number of aromatic nitrogens is 2. The number of hydrogen-bond donors (Lipinski definition) is 4. The molecule has 0 aliphatic rings. The van der Waals surface area contributed by atoms with Gasteiger partial charge in [0.2, 0.25) is 0 Å². The van der Waals surface area contributed by atoms with Gasteiger partial charge in [0.25, 0.3) is 5.91 Å². The maximum atomic E-state index is 12.8. The number of carbonyl (C=O) groups excluding carboxylic acids is 1. The van der Waals surface area contributed by atoms with Gasteiger partial charge in [-0.05, 0) is 36.2 Å². The summed E-state index contributed by atoms with van der Waals surface area (Å²) in [5.41, 5.74) is 3.70. The Hall–Kier alpha value is -3.64. The van der Waals surface area contributed by atoms with Crippen LogP contribution in [0.2, 0.25) is 0 Å². The fourth-order valence-electron chi connectivity index (χ4n) is 3.08. The van der Waals surface area contributed by atoms with Gasteiger partial charge in [-0.2, -0.15) is 0 Å². The third kappa shape index (κ3) is 3.45. The van der Waals surface area contributed by atoms with E-state index in [-0.39, 0.29) is 18.3 Å². The van der Waals surface area contributed by atoms with Gasteiger partial charge in [-0.25, -0.2) is 4.98 Å². The topological polar surface area (TPSA) is 98.2 Å². The number of fused-ring (bicyclic) bond motifs is 1. The Balaban J connectivity index is 1.67. The molecule has 6 nitrogen and oxygen atoms in total. The molecule has 1 aromatic heterocycles. The first-order valence-electron chi connectivity index (χ1n) is 8.94. The van der Waals surface area contributed by atoms with Gasteiger partial charge < -0.3 is 20.5 Å². The molecule has 0 spiro atoms. The standard InChI is InChI=1S/C22H19N3O3/c26-13-12-14-6-8-16(9-7-14)23-22(28)17-10-11-18(27)20-19(17)24-21(25-20)15-4-2-1-3-5-15/h1-11,26-27H,12-13H2,(H,23,28)(H,24,25). The maximum Gasteiger partial charge on any atom is 0.257 e. The number of aliphatic hydroxyl groups is 1. The first kappa shape index (κ1) is 17.8. The van der Waals surface area contributed by atoms with Gasteiger partial charge in [0.1, 0.15) is 22.6 Å². The van der Waals surface area contributed by atoms with E-state index in [1.165, 1.54) is 6.07 Å². The largest absolute Gasteiger partial charge is 0.506 e. The number of aromatic amines is 1. The van der Waals surface area contributed by atoms with Crippen LogP contribution in [0.4, 0.5) is 5.69 Å². The molecule has 0 saturated carbocycles. The minimum Gasteiger partial charge on any atom is -0.506 e. The van der Waals surface area contributed by atoms with Crippen molar-refractivity contribution in [2.75, 3.05) is 11.9 Å². The minimum absolute atomic E-state index is 0.0367. The maximum absolute atomic E-state index is 12.8. The van der Waals surface area contributed by atoms with Crippen LogP contribution < -0.4 is 5.32 Å². The smallest absolute Gasteiger partial charge is 0.257 e. The van der Waals surface area contributed by atoms with E-state index in [1.54, 1.807) is 18.2 Å². The first-order valence-corrected chi connectivity index (χ1v) is 8.94. The van der Waals surface area contributed by atoms with E-state index in [9.17, 15) is 9.90 Å². The zero-order valence-electron chi connectivity index (χ0n) is 15.0. The van der Waals surface area contributed by atoms with Gasteiger partial charge in [-0.3, -0.25) is 4.79 Å². The molecule has 1 heterocycles. The number of H-pyrrole nitrogens is 1. The molecule has 28 heavy (non-hydrogen) atoms. The van der Waals surface area contributed by atoms with Gasteiger partial charge >= 0.3 is 0 Å². The van der Waals surface area contributed by atoms with E-state index in [1.807, 2.05) is 42.5 Å². The Labute approximate surface area is 161 Å². The molecule has 0 bridgehead atoms.